The number of carbonyl (C=O) groups is 1. The first-order valence-corrected chi connectivity index (χ1v) is 15.2. The summed E-state index contributed by atoms with van der Waals surface area (Å²) in [5.74, 6) is -3.68. The number of H-pyrrole nitrogens is 1. The van der Waals surface area contributed by atoms with E-state index in [1.165, 1.54) is 24.3 Å². The topological polar surface area (TPSA) is 152 Å². The third kappa shape index (κ3) is 5.18. The molecule has 9 nitrogen and oxygen atoms in total. The van der Waals surface area contributed by atoms with Crippen molar-refractivity contribution in [2.75, 3.05) is 10.5 Å². The number of carbonyl (C=O) groups excluding carboxylic acids is 1. The van der Waals surface area contributed by atoms with Gasteiger partial charge in [0.15, 0.2) is 11.6 Å². The number of hydrogen-bond donors (Lipinski definition) is 3. The van der Waals surface area contributed by atoms with E-state index in [-0.39, 0.29) is 22.6 Å². The van der Waals surface area contributed by atoms with E-state index in [4.69, 9.17) is 5.14 Å². The van der Waals surface area contributed by atoms with Crippen molar-refractivity contribution >= 4 is 53.5 Å². The number of ketones is 1. The molecule has 0 saturated carbocycles. The van der Waals surface area contributed by atoms with Gasteiger partial charge in [-0.25, -0.2) is 35.7 Å². The molecule has 206 valence electrons. The molecule has 5 aromatic rings. The van der Waals surface area contributed by atoms with Crippen LogP contribution in [0.4, 0.5) is 14.5 Å². The van der Waals surface area contributed by atoms with Crippen LogP contribution in [0.1, 0.15) is 29.3 Å². The minimum Gasteiger partial charge on any atom is -0.339 e. The molecule has 0 aliphatic heterocycles. The van der Waals surface area contributed by atoms with E-state index in [0.29, 0.717) is 33.1 Å². The molecule has 0 aliphatic carbocycles. The molecule has 2 heterocycles. The Balaban J connectivity index is 1.56. The quantitative estimate of drug-likeness (QED) is 0.225. The van der Waals surface area contributed by atoms with E-state index in [1.807, 2.05) is 0 Å². The van der Waals surface area contributed by atoms with Gasteiger partial charge >= 0.3 is 0 Å². The number of primary sulfonamides is 1. The fourth-order valence-corrected chi connectivity index (χ4v) is 6.03. The van der Waals surface area contributed by atoms with Gasteiger partial charge in [0, 0.05) is 33.6 Å². The summed E-state index contributed by atoms with van der Waals surface area (Å²) in [4.78, 5) is 20.8. The zero-order chi connectivity index (χ0) is 28.8. The van der Waals surface area contributed by atoms with E-state index in [1.54, 1.807) is 37.4 Å². The number of halogens is 2. The summed E-state index contributed by atoms with van der Waals surface area (Å²) in [5.41, 5.74) is 0.989. The third-order valence-corrected chi connectivity index (χ3v) is 8.69. The lowest BCUT2D eigenvalue weighted by atomic mass is 9.99. The molecule has 5 rings (SSSR count). The molecule has 0 aliphatic rings. The van der Waals surface area contributed by atoms with Crippen molar-refractivity contribution in [3.05, 3.63) is 89.6 Å². The number of aromatic nitrogens is 2. The van der Waals surface area contributed by atoms with Crippen LogP contribution in [-0.4, -0.2) is 38.3 Å². The van der Waals surface area contributed by atoms with Crippen LogP contribution in [-0.2, 0) is 20.0 Å². The fourth-order valence-electron chi connectivity index (χ4n) is 4.38. The smallest absolute Gasteiger partial charge is 0.238 e. The second-order valence-electron chi connectivity index (χ2n) is 9.11. The van der Waals surface area contributed by atoms with Gasteiger partial charge in [0.1, 0.15) is 11.5 Å². The van der Waals surface area contributed by atoms with Gasteiger partial charge in [0.05, 0.1) is 21.9 Å². The molecule has 0 atom stereocenters. The van der Waals surface area contributed by atoms with E-state index >= 15 is 4.39 Å². The van der Waals surface area contributed by atoms with Gasteiger partial charge in [-0.15, -0.1) is 0 Å². The van der Waals surface area contributed by atoms with Gasteiger partial charge in [-0.2, -0.15) is 0 Å². The zero-order valence-electron chi connectivity index (χ0n) is 20.9. The highest BCUT2D eigenvalue weighted by Gasteiger charge is 2.24. The highest BCUT2D eigenvalue weighted by atomic mass is 32.2. The number of nitrogens with two attached hydrogens (primary N) is 1. The Morgan fingerprint density at radius 2 is 1.68 bits per heavy atom. The Kier molecular flexibility index (Phi) is 6.90. The minimum atomic E-state index is -3.88. The van der Waals surface area contributed by atoms with Gasteiger partial charge in [0.25, 0.3) is 0 Å². The monoisotopic (exact) mass is 584 g/mol. The maximum absolute atomic E-state index is 15.2. The molecular weight excluding hydrogens is 562 g/mol. The van der Waals surface area contributed by atoms with E-state index in [0.717, 1.165) is 12.1 Å². The van der Waals surface area contributed by atoms with E-state index < -0.39 is 48.7 Å². The largest absolute Gasteiger partial charge is 0.339 e. The molecule has 3 aromatic carbocycles. The van der Waals surface area contributed by atoms with Crippen molar-refractivity contribution in [1.82, 2.24) is 9.97 Å². The molecule has 0 fully saturated rings. The molecule has 0 amide bonds. The van der Waals surface area contributed by atoms with Crippen molar-refractivity contribution in [2.24, 2.45) is 5.14 Å². The van der Waals surface area contributed by atoms with Crippen LogP contribution in [0.5, 0.6) is 0 Å². The van der Waals surface area contributed by atoms with Crippen molar-refractivity contribution in [2.45, 2.75) is 18.2 Å². The summed E-state index contributed by atoms with van der Waals surface area (Å²) in [6, 6.07) is 13.9. The van der Waals surface area contributed by atoms with Gasteiger partial charge in [0.2, 0.25) is 20.0 Å². The summed E-state index contributed by atoms with van der Waals surface area (Å²) in [5, 5.41) is 6.33. The summed E-state index contributed by atoms with van der Waals surface area (Å²) < 4.78 is 79.4. The number of anilines is 1. The maximum atomic E-state index is 15.2. The second-order valence-corrected chi connectivity index (χ2v) is 12.5. The first kappa shape index (κ1) is 27.4. The number of rotatable bonds is 8. The lowest BCUT2D eigenvalue weighted by Crippen LogP contribution is -2.18. The van der Waals surface area contributed by atoms with Gasteiger partial charge in [-0.3, -0.25) is 9.52 Å². The lowest BCUT2D eigenvalue weighted by molar-refractivity contribution is 0.103. The SMILES string of the molecule is CCCS(=O)(=O)Nc1ccc(F)c(C(=O)c2ccc3[nH]c4ncc(-c5ccc(S(N)(=O)=O)cc5)cc4c3c2)c1F. The summed E-state index contributed by atoms with van der Waals surface area (Å²) in [6.07, 6.45) is 1.87. The number of aromatic amines is 1. The molecule has 0 saturated heterocycles. The molecule has 0 bridgehead atoms. The normalized spacial score (nSPS) is 12.2. The minimum absolute atomic E-state index is 0.0253. The first-order chi connectivity index (χ1) is 18.9. The summed E-state index contributed by atoms with van der Waals surface area (Å²) in [7, 11) is -7.73. The molecule has 13 heteroatoms. The van der Waals surface area contributed by atoms with Crippen molar-refractivity contribution in [3.63, 3.8) is 0 Å². The van der Waals surface area contributed by atoms with Crippen LogP contribution < -0.4 is 9.86 Å². The molecule has 4 N–H and O–H groups in total. The number of fused-ring (bicyclic) bond motifs is 3. The Hall–Kier alpha value is -4.20. The number of benzene rings is 3. The van der Waals surface area contributed by atoms with E-state index in [9.17, 15) is 26.0 Å². The summed E-state index contributed by atoms with van der Waals surface area (Å²) in [6.45, 7) is 1.64. The van der Waals surface area contributed by atoms with Crippen molar-refractivity contribution in [3.8, 4) is 11.1 Å². The van der Waals surface area contributed by atoms with Gasteiger partial charge in [-0.05, 0) is 60.5 Å². The average Bonchev–Trinajstić information content (AvgIpc) is 3.27. The number of hydrogen-bond acceptors (Lipinski definition) is 6. The highest BCUT2D eigenvalue weighted by Crippen LogP contribution is 2.31. The number of sulfonamides is 2. The van der Waals surface area contributed by atoms with Gasteiger partial charge < -0.3 is 4.98 Å². The Labute approximate surface area is 228 Å². The third-order valence-electron chi connectivity index (χ3n) is 6.29. The molecule has 2 aromatic heterocycles. The van der Waals surface area contributed by atoms with Crippen LogP contribution in [0.3, 0.4) is 0 Å². The molecule has 40 heavy (non-hydrogen) atoms. The molecule has 0 unspecified atom stereocenters. The number of pyridine rings is 1. The standard InChI is InChI=1S/C27H22F2N4O5S2/c1-2-11-39(35,36)33-23-10-8-21(28)24(25(23)29)26(34)16-5-9-22-19(12-16)20-13-17(14-31-27(20)32-22)15-3-6-18(7-4-15)40(30,37)38/h3-10,12-14,33H,2,11H2,1H3,(H,31,32)(H2,30,37,38). The van der Waals surface area contributed by atoms with Crippen LogP contribution in [0.2, 0.25) is 0 Å². The lowest BCUT2D eigenvalue weighted by Gasteiger charge is -2.11. The predicted molar refractivity (Wildman–Crippen MR) is 148 cm³/mol. The Bertz CT molecular complexity index is 2020. The summed E-state index contributed by atoms with van der Waals surface area (Å²) >= 11 is 0. The number of nitrogens with zero attached hydrogens (tertiary/aromatic N) is 1. The zero-order valence-corrected chi connectivity index (χ0v) is 22.5. The first-order valence-electron chi connectivity index (χ1n) is 12.0. The molecule has 0 radical (unpaired) electrons. The average molecular weight is 585 g/mol. The highest BCUT2D eigenvalue weighted by molar-refractivity contribution is 7.92. The molecule has 0 spiro atoms. The van der Waals surface area contributed by atoms with Crippen molar-refractivity contribution < 1.29 is 30.4 Å². The maximum Gasteiger partial charge on any atom is 0.238 e. The van der Waals surface area contributed by atoms with Crippen LogP contribution >= 0.6 is 0 Å². The van der Waals surface area contributed by atoms with Crippen LogP contribution in [0.25, 0.3) is 33.1 Å². The van der Waals surface area contributed by atoms with Gasteiger partial charge in [-0.1, -0.05) is 19.1 Å². The second kappa shape index (κ2) is 10.1. The van der Waals surface area contributed by atoms with Crippen LogP contribution in [0, 0.1) is 11.6 Å². The Morgan fingerprint density at radius 3 is 2.35 bits per heavy atom. The Morgan fingerprint density at radius 1 is 0.950 bits per heavy atom. The molecular formula is C27H22F2N4O5S2. The predicted octanol–water partition coefficient (Wildman–Crippen LogP) is 4.69. The van der Waals surface area contributed by atoms with Crippen LogP contribution in [0.15, 0.2) is 71.8 Å². The fraction of sp³-hybridized carbons (Fsp3) is 0.111. The van der Waals surface area contributed by atoms with Crippen molar-refractivity contribution in [1.29, 1.82) is 0 Å². The van der Waals surface area contributed by atoms with E-state index in [2.05, 4.69) is 14.7 Å². The number of nitrogens with one attached hydrogen (secondary N) is 2.